The summed E-state index contributed by atoms with van der Waals surface area (Å²) in [4.78, 5) is 23.6. The van der Waals surface area contributed by atoms with Gasteiger partial charge in [-0.3, -0.25) is 9.59 Å². The Morgan fingerprint density at radius 1 is 1.00 bits per heavy atom. The second-order valence-electron chi connectivity index (χ2n) is 5.60. The van der Waals surface area contributed by atoms with E-state index >= 15 is 0 Å². The van der Waals surface area contributed by atoms with Gasteiger partial charge in [-0.15, -0.1) is 0 Å². The van der Waals surface area contributed by atoms with E-state index < -0.39 is 0 Å². The maximum atomic E-state index is 12.2. The highest BCUT2D eigenvalue weighted by Gasteiger charge is 2.17. The fourth-order valence-electron chi connectivity index (χ4n) is 2.43. The summed E-state index contributed by atoms with van der Waals surface area (Å²) in [5, 5.41) is 2.93. The van der Waals surface area contributed by atoms with Crippen molar-refractivity contribution in [3.05, 3.63) is 65.7 Å². The van der Waals surface area contributed by atoms with Crippen molar-refractivity contribution in [2.24, 2.45) is 0 Å². The molecule has 0 fully saturated rings. The number of amides is 1. The molecule has 0 aliphatic rings. The molecule has 2 rings (SSSR count). The van der Waals surface area contributed by atoms with E-state index in [0.717, 1.165) is 16.9 Å². The molecule has 0 heterocycles. The predicted molar refractivity (Wildman–Crippen MR) is 95.3 cm³/mol. The number of rotatable bonds is 8. The van der Waals surface area contributed by atoms with Crippen LogP contribution >= 0.6 is 0 Å². The smallest absolute Gasteiger partial charge is 0.306 e. The van der Waals surface area contributed by atoms with Crippen molar-refractivity contribution >= 4 is 11.9 Å². The van der Waals surface area contributed by atoms with E-state index in [1.165, 1.54) is 0 Å². The molecule has 0 aliphatic heterocycles. The largest absolute Gasteiger partial charge is 0.497 e. The van der Waals surface area contributed by atoms with Gasteiger partial charge in [-0.25, -0.2) is 0 Å². The molecule has 25 heavy (non-hydrogen) atoms. The van der Waals surface area contributed by atoms with Crippen molar-refractivity contribution in [2.45, 2.75) is 25.8 Å². The molecule has 0 bridgehead atoms. The number of carbonyl (C=O) groups is 2. The Labute approximate surface area is 148 Å². The molecule has 2 aromatic carbocycles. The van der Waals surface area contributed by atoms with Gasteiger partial charge >= 0.3 is 5.97 Å². The Kier molecular flexibility index (Phi) is 7.01. The average molecular weight is 341 g/mol. The Morgan fingerprint density at radius 2 is 1.64 bits per heavy atom. The zero-order valence-corrected chi connectivity index (χ0v) is 14.5. The number of esters is 1. The van der Waals surface area contributed by atoms with E-state index in [-0.39, 0.29) is 24.5 Å². The first-order chi connectivity index (χ1) is 12.1. The monoisotopic (exact) mass is 341 g/mol. The average Bonchev–Trinajstić information content (AvgIpc) is 2.65. The van der Waals surface area contributed by atoms with E-state index in [9.17, 15) is 9.59 Å². The maximum Gasteiger partial charge on any atom is 0.306 e. The van der Waals surface area contributed by atoms with Crippen molar-refractivity contribution in [1.82, 2.24) is 5.32 Å². The lowest BCUT2D eigenvalue weighted by molar-refractivity contribution is -0.148. The van der Waals surface area contributed by atoms with Crippen LogP contribution in [0.5, 0.6) is 5.75 Å². The lowest BCUT2D eigenvalue weighted by Crippen LogP contribution is -2.33. The predicted octanol–water partition coefficient (Wildman–Crippen LogP) is 3.24. The standard InChI is InChI=1S/C20H23NO4/c1-3-7-19(23)25-14-18(22)21-20(15-8-5-4-6-9-15)16-10-12-17(24-2)13-11-16/h4-6,8-13,20H,3,7,14H2,1-2H3,(H,21,22)/t20-/m0/s1. The van der Waals surface area contributed by atoms with Crippen LogP contribution in [-0.2, 0) is 14.3 Å². The highest BCUT2D eigenvalue weighted by Crippen LogP contribution is 2.24. The summed E-state index contributed by atoms with van der Waals surface area (Å²) in [6, 6.07) is 16.8. The Bertz CT molecular complexity index is 683. The van der Waals surface area contributed by atoms with Crippen LogP contribution in [0.4, 0.5) is 0 Å². The van der Waals surface area contributed by atoms with Crippen LogP contribution in [-0.4, -0.2) is 25.6 Å². The highest BCUT2D eigenvalue weighted by atomic mass is 16.5. The van der Waals surface area contributed by atoms with Crippen molar-refractivity contribution < 1.29 is 19.1 Å². The number of benzene rings is 2. The summed E-state index contributed by atoms with van der Waals surface area (Å²) in [6.07, 6.45) is 1.01. The van der Waals surface area contributed by atoms with Gasteiger partial charge < -0.3 is 14.8 Å². The van der Waals surface area contributed by atoms with Gasteiger partial charge in [0, 0.05) is 6.42 Å². The SMILES string of the molecule is CCCC(=O)OCC(=O)N[C@@H](c1ccccc1)c1ccc(OC)cc1. The topological polar surface area (TPSA) is 64.6 Å². The number of nitrogens with one attached hydrogen (secondary N) is 1. The van der Waals surface area contributed by atoms with Gasteiger partial charge in [0.25, 0.3) is 5.91 Å². The molecule has 0 aromatic heterocycles. The van der Waals surface area contributed by atoms with Gasteiger partial charge in [0.15, 0.2) is 6.61 Å². The van der Waals surface area contributed by atoms with Crippen LogP contribution in [0.25, 0.3) is 0 Å². The van der Waals surface area contributed by atoms with Gasteiger partial charge in [0.1, 0.15) is 5.75 Å². The Morgan fingerprint density at radius 3 is 2.24 bits per heavy atom. The minimum absolute atomic E-state index is 0.279. The molecule has 2 aromatic rings. The molecule has 0 unspecified atom stereocenters. The molecule has 1 N–H and O–H groups in total. The number of hydrogen-bond acceptors (Lipinski definition) is 4. The normalized spacial score (nSPS) is 11.4. The van der Waals surface area contributed by atoms with Gasteiger partial charge in [0.05, 0.1) is 13.2 Å². The van der Waals surface area contributed by atoms with E-state index in [4.69, 9.17) is 9.47 Å². The van der Waals surface area contributed by atoms with E-state index in [1.807, 2.05) is 61.5 Å². The molecule has 0 radical (unpaired) electrons. The summed E-state index contributed by atoms with van der Waals surface area (Å²) in [5.41, 5.74) is 1.86. The molecule has 0 saturated heterocycles. The molecule has 0 spiro atoms. The van der Waals surface area contributed by atoms with Crippen molar-refractivity contribution in [2.75, 3.05) is 13.7 Å². The minimum atomic E-state index is -0.363. The van der Waals surface area contributed by atoms with Crippen molar-refractivity contribution in [1.29, 1.82) is 0 Å². The Hall–Kier alpha value is -2.82. The van der Waals surface area contributed by atoms with E-state index in [1.54, 1.807) is 7.11 Å². The van der Waals surface area contributed by atoms with E-state index in [0.29, 0.717) is 12.8 Å². The fraction of sp³-hybridized carbons (Fsp3) is 0.300. The molecular formula is C20H23NO4. The van der Waals surface area contributed by atoms with Gasteiger partial charge in [-0.05, 0) is 29.7 Å². The molecule has 1 amide bonds. The van der Waals surface area contributed by atoms with Crippen LogP contribution < -0.4 is 10.1 Å². The highest BCUT2D eigenvalue weighted by molar-refractivity contribution is 5.81. The molecular weight excluding hydrogens is 318 g/mol. The number of ether oxygens (including phenoxy) is 2. The minimum Gasteiger partial charge on any atom is -0.497 e. The zero-order chi connectivity index (χ0) is 18.1. The van der Waals surface area contributed by atoms with Crippen molar-refractivity contribution in [3.8, 4) is 5.75 Å². The second kappa shape index (κ2) is 9.47. The van der Waals surface area contributed by atoms with Gasteiger partial charge in [0.2, 0.25) is 0 Å². The third-order valence-corrected chi connectivity index (χ3v) is 3.71. The molecule has 132 valence electrons. The zero-order valence-electron chi connectivity index (χ0n) is 14.5. The summed E-state index contributed by atoms with van der Waals surface area (Å²) in [5.74, 6) is 0.0443. The molecule has 5 heteroatoms. The van der Waals surface area contributed by atoms with Crippen LogP contribution in [0.1, 0.15) is 36.9 Å². The number of carbonyl (C=O) groups excluding carboxylic acids is 2. The quantitative estimate of drug-likeness (QED) is 0.749. The lowest BCUT2D eigenvalue weighted by atomic mass is 9.98. The summed E-state index contributed by atoms with van der Waals surface area (Å²) >= 11 is 0. The van der Waals surface area contributed by atoms with Gasteiger partial charge in [-0.2, -0.15) is 0 Å². The third-order valence-electron chi connectivity index (χ3n) is 3.71. The third kappa shape index (κ3) is 5.64. The number of methoxy groups -OCH3 is 1. The van der Waals surface area contributed by atoms with Gasteiger partial charge in [-0.1, -0.05) is 49.4 Å². The first kappa shape index (κ1) is 18.5. The first-order valence-corrected chi connectivity index (χ1v) is 8.28. The van der Waals surface area contributed by atoms with Crippen molar-refractivity contribution in [3.63, 3.8) is 0 Å². The summed E-state index contributed by atoms with van der Waals surface area (Å²) in [7, 11) is 1.61. The molecule has 0 aliphatic carbocycles. The van der Waals surface area contributed by atoms with Crippen LogP contribution in [0.2, 0.25) is 0 Å². The van der Waals surface area contributed by atoms with Crippen LogP contribution in [0.15, 0.2) is 54.6 Å². The number of hydrogen-bond donors (Lipinski definition) is 1. The Balaban J connectivity index is 2.12. The molecule has 5 nitrogen and oxygen atoms in total. The summed E-state index contributed by atoms with van der Waals surface area (Å²) < 4.78 is 10.2. The van der Waals surface area contributed by atoms with Crippen LogP contribution in [0, 0.1) is 0 Å². The van der Waals surface area contributed by atoms with Crippen LogP contribution in [0.3, 0.4) is 0 Å². The first-order valence-electron chi connectivity index (χ1n) is 8.28. The lowest BCUT2D eigenvalue weighted by Gasteiger charge is -2.20. The second-order valence-corrected chi connectivity index (χ2v) is 5.60. The molecule has 0 saturated carbocycles. The fourth-order valence-corrected chi connectivity index (χ4v) is 2.43. The maximum absolute atomic E-state index is 12.2. The van der Waals surface area contributed by atoms with E-state index in [2.05, 4.69) is 5.32 Å². The molecule has 1 atom stereocenters. The summed E-state index contributed by atoms with van der Waals surface area (Å²) in [6.45, 7) is 1.61.